The molecule has 0 aromatic heterocycles. The number of hydrogen-bond donors (Lipinski definition) is 1. The average molecular weight is 261 g/mol. The van der Waals surface area contributed by atoms with Gasteiger partial charge in [0.2, 0.25) is 0 Å². The van der Waals surface area contributed by atoms with E-state index in [1.165, 1.54) is 12.1 Å². The normalized spacial score (nSPS) is 17.4. The quantitative estimate of drug-likeness (QED) is 0.837. The summed E-state index contributed by atoms with van der Waals surface area (Å²) in [4.78, 5) is 2.19. The molecule has 0 amide bonds. The fraction of sp³-hybridized carbons (Fsp3) is 0.500. The zero-order valence-electron chi connectivity index (χ0n) is 9.48. The molecule has 17 heavy (non-hydrogen) atoms. The van der Waals surface area contributed by atoms with Crippen LogP contribution in [0.4, 0.5) is 8.78 Å². The lowest BCUT2D eigenvalue weighted by atomic mass is 10.1. The van der Waals surface area contributed by atoms with Crippen LogP contribution >= 0.6 is 11.6 Å². The predicted octanol–water partition coefficient (Wildman–Crippen LogP) is 2.07. The predicted molar refractivity (Wildman–Crippen MR) is 64.4 cm³/mol. The molecule has 1 saturated heterocycles. The molecule has 94 valence electrons. The van der Waals surface area contributed by atoms with E-state index in [4.69, 9.17) is 11.6 Å². The minimum Gasteiger partial charge on any atom is -0.314 e. The molecule has 1 heterocycles. The lowest BCUT2D eigenvalue weighted by Gasteiger charge is -2.27. The molecule has 1 aromatic rings. The number of nitrogens with zero attached hydrogens (tertiary/aromatic N) is 1. The SMILES string of the molecule is Fc1ccc(Cl)c(F)c1CCN1CCNCC1. The molecule has 0 saturated carbocycles. The molecule has 0 spiro atoms. The Morgan fingerprint density at radius 2 is 1.94 bits per heavy atom. The highest BCUT2D eigenvalue weighted by atomic mass is 35.5. The van der Waals surface area contributed by atoms with Gasteiger partial charge in [-0.05, 0) is 18.6 Å². The number of benzene rings is 1. The summed E-state index contributed by atoms with van der Waals surface area (Å²) < 4.78 is 27.1. The van der Waals surface area contributed by atoms with Crippen LogP contribution in [0.5, 0.6) is 0 Å². The molecule has 5 heteroatoms. The Balaban J connectivity index is 2.00. The second kappa shape index (κ2) is 5.76. The molecule has 0 bridgehead atoms. The number of hydrogen-bond acceptors (Lipinski definition) is 2. The molecular formula is C12H15ClF2N2. The third-order valence-electron chi connectivity index (χ3n) is 3.03. The molecule has 0 atom stereocenters. The first-order valence-corrected chi connectivity index (χ1v) is 6.11. The van der Waals surface area contributed by atoms with Crippen molar-refractivity contribution >= 4 is 11.6 Å². The van der Waals surface area contributed by atoms with Crippen molar-refractivity contribution in [2.24, 2.45) is 0 Å². The first-order chi connectivity index (χ1) is 8.18. The van der Waals surface area contributed by atoms with Crippen LogP contribution in [0.3, 0.4) is 0 Å². The van der Waals surface area contributed by atoms with Gasteiger partial charge in [-0.25, -0.2) is 8.78 Å². The molecule has 0 aliphatic carbocycles. The van der Waals surface area contributed by atoms with Crippen LogP contribution in [0, 0.1) is 11.6 Å². The summed E-state index contributed by atoms with van der Waals surface area (Å²) in [7, 11) is 0. The van der Waals surface area contributed by atoms with Crippen LogP contribution in [0.25, 0.3) is 0 Å². The van der Waals surface area contributed by atoms with E-state index in [1.807, 2.05) is 0 Å². The molecule has 2 nitrogen and oxygen atoms in total. The zero-order valence-corrected chi connectivity index (χ0v) is 10.2. The van der Waals surface area contributed by atoms with E-state index in [9.17, 15) is 8.78 Å². The largest absolute Gasteiger partial charge is 0.314 e. The number of nitrogens with one attached hydrogen (secondary N) is 1. The van der Waals surface area contributed by atoms with Gasteiger partial charge < -0.3 is 10.2 Å². The summed E-state index contributed by atoms with van der Waals surface area (Å²) in [6.45, 7) is 4.37. The second-order valence-electron chi connectivity index (χ2n) is 4.16. The molecule has 0 radical (unpaired) electrons. The van der Waals surface area contributed by atoms with Crippen molar-refractivity contribution in [1.29, 1.82) is 0 Å². The van der Waals surface area contributed by atoms with Crippen LogP contribution < -0.4 is 5.32 Å². The lowest BCUT2D eigenvalue weighted by Crippen LogP contribution is -2.44. The van der Waals surface area contributed by atoms with Crippen molar-refractivity contribution in [3.05, 3.63) is 34.4 Å². The fourth-order valence-electron chi connectivity index (χ4n) is 2.00. The number of piperazine rings is 1. The highest BCUT2D eigenvalue weighted by Crippen LogP contribution is 2.21. The van der Waals surface area contributed by atoms with Gasteiger partial charge in [-0.3, -0.25) is 0 Å². The number of rotatable bonds is 3. The monoisotopic (exact) mass is 260 g/mol. The van der Waals surface area contributed by atoms with Crippen molar-refractivity contribution in [1.82, 2.24) is 10.2 Å². The Kier molecular flexibility index (Phi) is 4.31. The highest BCUT2D eigenvalue weighted by molar-refractivity contribution is 6.30. The van der Waals surface area contributed by atoms with Crippen LogP contribution in [0.2, 0.25) is 5.02 Å². The first-order valence-electron chi connectivity index (χ1n) is 5.74. The molecule has 1 aromatic carbocycles. The van der Waals surface area contributed by atoms with E-state index < -0.39 is 11.6 Å². The van der Waals surface area contributed by atoms with Gasteiger partial charge >= 0.3 is 0 Å². The minimum absolute atomic E-state index is 0.0123. The molecule has 1 aliphatic heterocycles. The second-order valence-corrected chi connectivity index (χ2v) is 4.57. The van der Waals surface area contributed by atoms with E-state index in [1.54, 1.807) is 0 Å². The highest BCUT2D eigenvalue weighted by Gasteiger charge is 2.15. The molecule has 0 unspecified atom stereocenters. The molecular weight excluding hydrogens is 246 g/mol. The number of halogens is 3. The topological polar surface area (TPSA) is 15.3 Å². The maximum absolute atomic E-state index is 13.6. The maximum Gasteiger partial charge on any atom is 0.147 e. The first kappa shape index (κ1) is 12.7. The van der Waals surface area contributed by atoms with E-state index in [-0.39, 0.29) is 10.6 Å². The van der Waals surface area contributed by atoms with E-state index in [0.29, 0.717) is 13.0 Å². The summed E-state index contributed by atoms with van der Waals surface area (Å²) in [5, 5.41) is 3.22. The smallest absolute Gasteiger partial charge is 0.147 e. The molecule has 1 N–H and O–H groups in total. The van der Waals surface area contributed by atoms with Gasteiger partial charge in [0.05, 0.1) is 5.02 Å². The molecule has 1 aliphatic rings. The van der Waals surface area contributed by atoms with Gasteiger partial charge in [-0.15, -0.1) is 0 Å². The van der Waals surface area contributed by atoms with E-state index in [2.05, 4.69) is 10.2 Å². The fourth-order valence-corrected chi connectivity index (χ4v) is 2.18. The van der Waals surface area contributed by atoms with Crippen LogP contribution in [0.15, 0.2) is 12.1 Å². The molecule has 2 rings (SSSR count). The van der Waals surface area contributed by atoms with Gasteiger partial charge in [0, 0.05) is 38.3 Å². The Morgan fingerprint density at radius 3 is 2.65 bits per heavy atom. The van der Waals surface area contributed by atoms with Gasteiger partial charge in [0.1, 0.15) is 11.6 Å². The van der Waals surface area contributed by atoms with Crippen LogP contribution in [-0.2, 0) is 6.42 Å². The van der Waals surface area contributed by atoms with Crippen LogP contribution in [-0.4, -0.2) is 37.6 Å². The van der Waals surface area contributed by atoms with Crippen molar-refractivity contribution in [3.8, 4) is 0 Å². The van der Waals surface area contributed by atoms with Crippen molar-refractivity contribution in [2.75, 3.05) is 32.7 Å². The van der Waals surface area contributed by atoms with Gasteiger partial charge in [-0.2, -0.15) is 0 Å². The zero-order chi connectivity index (χ0) is 12.3. The Morgan fingerprint density at radius 1 is 1.24 bits per heavy atom. The van der Waals surface area contributed by atoms with Crippen molar-refractivity contribution in [2.45, 2.75) is 6.42 Å². The lowest BCUT2D eigenvalue weighted by molar-refractivity contribution is 0.242. The van der Waals surface area contributed by atoms with Crippen LogP contribution in [0.1, 0.15) is 5.56 Å². The minimum atomic E-state index is -0.623. The summed E-state index contributed by atoms with van der Waals surface area (Å²) in [5.41, 5.74) is 0.0935. The Hall–Kier alpha value is -0.710. The van der Waals surface area contributed by atoms with Gasteiger partial charge in [0.25, 0.3) is 0 Å². The summed E-state index contributed by atoms with van der Waals surface area (Å²) in [5.74, 6) is -1.14. The third kappa shape index (κ3) is 3.15. The molecule has 1 fully saturated rings. The van der Waals surface area contributed by atoms with E-state index in [0.717, 1.165) is 26.2 Å². The van der Waals surface area contributed by atoms with E-state index >= 15 is 0 Å². The maximum atomic E-state index is 13.6. The van der Waals surface area contributed by atoms with Gasteiger partial charge in [-0.1, -0.05) is 11.6 Å². The van der Waals surface area contributed by atoms with Crippen molar-refractivity contribution in [3.63, 3.8) is 0 Å². The third-order valence-corrected chi connectivity index (χ3v) is 3.32. The summed E-state index contributed by atoms with van der Waals surface area (Å²) in [6, 6.07) is 2.47. The summed E-state index contributed by atoms with van der Waals surface area (Å²) >= 11 is 5.64. The standard InChI is InChI=1S/C12H15ClF2N2/c13-10-1-2-11(14)9(12(10)15)3-6-17-7-4-16-5-8-17/h1-2,16H,3-8H2. The van der Waals surface area contributed by atoms with Crippen molar-refractivity contribution < 1.29 is 8.78 Å². The Bertz CT molecular complexity index is 392. The average Bonchev–Trinajstić information content (AvgIpc) is 2.35. The Labute approximate surface area is 105 Å². The summed E-state index contributed by atoms with van der Waals surface area (Å²) in [6.07, 6.45) is 0.359. The van der Waals surface area contributed by atoms with Gasteiger partial charge in [0.15, 0.2) is 0 Å².